The van der Waals surface area contributed by atoms with Crippen LogP contribution in [0.2, 0.25) is 0 Å². The average Bonchev–Trinajstić information content (AvgIpc) is 3.40. The zero-order valence-electron chi connectivity index (χ0n) is 15.3. The van der Waals surface area contributed by atoms with Crippen LogP contribution in [-0.4, -0.2) is 67.7 Å². The van der Waals surface area contributed by atoms with Gasteiger partial charge in [0.25, 0.3) is 11.8 Å². The summed E-state index contributed by atoms with van der Waals surface area (Å²) in [5, 5.41) is 17.2. The summed E-state index contributed by atoms with van der Waals surface area (Å²) in [6, 6.07) is -0.905. The van der Waals surface area contributed by atoms with E-state index >= 15 is 0 Å². The number of β-lactam (4-membered cyclic amide) rings is 1. The molecule has 2 amide bonds. The maximum Gasteiger partial charge on any atom is 0.353 e. The zero-order valence-corrected chi connectivity index (χ0v) is 17.7. The normalized spacial score (nSPS) is 21.2. The minimum absolute atomic E-state index is 0.0865. The van der Waals surface area contributed by atoms with Crippen molar-refractivity contribution in [3.63, 3.8) is 0 Å². The predicted molar refractivity (Wildman–Crippen MR) is 112 cm³/mol. The lowest BCUT2D eigenvalue weighted by Crippen LogP contribution is -2.71. The van der Waals surface area contributed by atoms with Gasteiger partial charge in [0.05, 0.1) is 10.4 Å². The molecule has 2 aromatic rings. The number of thiazole rings is 2. The number of thioether (sulfide) groups is 1. The van der Waals surface area contributed by atoms with Gasteiger partial charge in [-0.25, -0.2) is 9.78 Å². The van der Waals surface area contributed by atoms with E-state index in [0.717, 1.165) is 11.3 Å². The van der Waals surface area contributed by atoms with E-state index in [1.165, 1.54) is 35.1 Å². The van der Waals surface area contributed by atoms with Crippen molar-refractivity contribution in [2.45, 2.75) is 11.4 Å². The second-order valence-electron chi connectivity index (χ2n) is 6.05. The molecule has 2 aromatic heterocycles. The minimum atomic E-state index is -1.21. The monoisotopic (exact) mass is 466 g/mol. The maximum absolute atomic E-state index is 12.8. The number of hydrogen-bond donors (Lipinski definition) is 3. The fourth-order valence-corrected chi connectivity index (χ4v) is 5.75. The Kier molecular flexibility index (Phi) is 5.44. The number of hydrogen-bond acceptors (Lipinski definition) is 11. The van der Waals surface area contributed by atoms with Gasteiger partial charge in [-0.2, -0.15) is 0 Å². The molecule has 0 saturated carbocycles. The van der Waals surface area contributed by atoms with Crippen LogP contribution in [0.25, 0.3) is 5.57 Å². The first-order valence-electron chi connectivity index (χ1n) is 8.35. The van der Waals surface area contributed by atoms with Crippen molar-refractivity contribution in [3.8, 4) is 0 Å². The van der Waals surface area contributed by atoms with Crippen LogP contribution in [0.15, 0.2) is 27.9 Å². The smallest absolute Gasteiger partial charge is 0.353 e. The quantitative estimate of drug-likeness (QED) is 0.311. The Bertz CT molecular complexity index is 1080. The summed E-state index contributed by atoms with van der Waals surface area (Å²) in [6.07, 6.45) is 1.57. The van der Waals surface area contributed by atoms with E-state index in [-0.39, 0.29) is 22.2 Å². The first-order valence-corrected chi connectivity index (χ1v) is 11.2. The van der Waals surface area contributed by atoms with Crippen LogP contribution in [0.4, 0.5) is 5.13 Å². The predicted octanol–water partition coefficient (Wildman–Crippen LogP) is 0.428. The van der Waals surface area contributed by atoms with Gasteiger partial charge in [0.2, 0.25) is 0 Å². The second-order valence-corrected chi connectivity index (χ2v) is 8.93. The van der Waals surface area contributed by atoms with Crippen molar-refractivity contribution in [1.82, 2.24) is 20.2 Å². The summed E-state index contributed by atoms with van der Waals surface area (Å²) in [7, 11) is 1.28. The van der Waals surface area contributed by atoms with Crippen LogP contribution in [-0.2, 0) is 19.2 Å². The molecule has 11 nitrogen and oxygen atoms in total. The number of nitrogen functional groups attached to an aromatic ring is 1. The summed E-state index contributed by atoms with van der Waals surface area (Å²) in [6.45, 7) is 0. The Morgan fingerprint density at radius 3 is 2.83 bits per heavy atom. The van der Waals surface area contributed by atoms with Gasteiger partial charge in [-0.05, 0) is 0 Å². The van der Waals surface area contributed by atoms with Gasteiger partial charge in [0.1, 0.15) is 29.9 Å². The molecule has 0 radical (unpaired) electrons. The molecule has 2 aliphatic rings. The molecule has 0 spiro atoms. The van der Waals surface area contributed by atoms with Crippen LogP contribution >= 0.6 is 34.4 Å². The van der Waals surface area contributed by atoms with Crippen molar-refractivity contribution in [2.75, 3.05) is 18.6 Å². The van der Waals surface area contributed by atoms with Crippen LogP contribution in [0, 0.1) is 0 Å². The highest BCUT2D eigenvalue weighted by atomic mass is 32.2. The molecule has 30 heavy (non-hydrogen) atoms. The molecule has 14 heteroatoms. The van der Waals surface area contributed by atoms with E-state index < -0.39 is 29.2 Å². The minimum Gasteiger partial charge on any atom is -0.477 e. The number of aromatic nitrogens is 2. The number of carboxylic acids is 1. The average molecular weight is 467 g/mol. The number of nitrogens with one attached hydrogen (secondary N) is 1. The molecular formula is C16H14N6O5S3. The third-order valence-electron chi connectivity index (χ3n) is 4.35. The molecule has 4 rings (SSSR count). The summed E-state index contributed by atoms with van der Waals surface area (Å²) in [5.41, 5.74) is 7.74. The van der Waals surface area contributed by atoms with Crippen LogP contribution in [0.3, 0.4) is 0 Å². The standard InChI is InChI=1S/C16H14N6O5S3/c1-27-21-9(7-4-29-16(17)19-7)12(23)20-10-13(24)22-11(15(25)26)6(3-28-14(10)22)8-2-18-5-30-8/h2,4-5,10,14H,3H2,1H3,(H2,17,19)(H,20,23)(H,25,26)/b21-9-/t10-,14-/m1/s1. The Morgan fingerprint density at radius 2 is 2.23 bits per heavy atom. The number of oxime groups is 1. The molecule has 2 aliphatic heterocycles. The number of rotatable bonds is 6. The second kappa shape index (κ2) is 8.04. The first-order chi connectivity index (χ1) is 14.4. The number of amides is 2. The SMILES string of the molecule is CO/N=C(\C(=O)N[C@@H]1C(=O)N2C(C(=O)O)=C(c3cncs3)CS[C@H]12)c1csc(N)n1. The van der Waals surface area contributed by atoms with Crippen LogP contribution in [0.5, 0.6) is 0 Å². The number of anilines is 1. The third kappa shape index (κ3) is 3.42. The number of carbonyl (C=O) groups excluding carboxylic acids is 2. The highest BCUT2D eigenvalue weighted by molar-refractivity contribution is 8.00. The lowest BCUT2D eigenvalue weighted by molar-refractivity contribution is -0.149. The van der Waals surface area contributed by atoms with Gasteiger partial charge < -0.3 is 21.0 Å². The largest absolute Gasteiger partial charge is 0.477 e. The number of carboxylic acid groups (broad SMARTS) is 1. The summed E-state index contributed by atoms with van der Waals surface area (Å²) >= 11 is 3.79. The molecule has 4 N–H and O–H groups in total. The Morgan fingerprint density at radius 1 is 1.43 bits per heavy atom. The zero-order chi connectivity index (χ0) is 21.4. The molecule has 0 unspecified atom stereocenters. The molecule has 2 atom stereocenters. The van der Waals surface area contributed by atoms with Gasteiger partial charge in [-0.15, -0.1) is 34.4 Å². The number of nitrogens with two attached hydrogens (primary N) is 1. The number of fused-ring (bicyclic) bond motifs is 1. The van der Waals surface area contributed by atoms with Gasteiger partial charge >= 0.3 is 5.97 Å². The fraction of sp³-hybridized carbons (Fsp3) is 0.250. The van der Waals surface area contributed by atoms with Gasteiger partial charge in [-0.3, -0.25) is 19.5 Å². The summed E-state index contributed by atoms with van der Waals surface area (Å²) < 4.78 is 0. The number of aliphatic carboxylic acids is 1. The van der Waals surface area contributed by atoms with E-state index in [0.29, 0.717) is 16.2 Å². The van der Waals surface area contributed by atoms with E-state index in [1.807, 2.05) is 0 Å². The molecule has 156 valence electrons. The highest BCUT2D eigenvalue weighted by Gasteiger charge is 2.54. The third-order valence-corrected chi connectivity index (χ3v) is 7.14. The molecule has 0 bridgehead atoms. The molecule has 1 saturated heterocycles. The van der Waals surface area contributed by atoms with E-state index in [2.05, 4.69) is 20.4 Å². The first kappa shape index (κ1) is 20.3. The molecule has 1 fully saturated rings. The van der Waals surface area contributed by atoms with Crippen molar-refractivity contribution in [3.05, 3.63) is 33.4 Å². The fourth-order valence-electron chi connectivity index (χ4n) is 3.07. The van der Waals surface area contributed by atoms with Crippen molar-refractivity contribution in [1.29, 1.82) is 0 Å². The topological polar surface area (TPSA) is 160 Å². The summed E-state index contributed by atoms with van der Waals surface area (Å²) in [5.74, 6) is -2.03. The van der Waals surface area contributed by atoms with Gasteiger partial charge in [0.15, 0.2) is 10.8 Å². The highest BCUT2D eigenvalue weighted by Crippen LogP contribution is 2.43. The molecule has 4 heterocycles. The van der Waals surface area contributed by atoms with E-state index in [1.54, 1.807) is 17.1 Å². The lowest BCUT2D eigenvalue weighted by atomic mass is 10.0. The van der Waals surface area contributed by atoms with Crippen molar-refractivity contribution < 1.29 is 24.3 Å². The van der Waals surface area contributed by atoms with Gasteiger partial charge in [0, 0.05) is 22.9 Å². The maximum atomic E-state index is 12.8. The molecular weight excluding hydrogens is 452 g/mol. The van der Waals surface area contributed by atoms with Crippen LogP contribution in [0.1, 0.15) is 10.6 Å². The Labute approximate surface area is 181 Å². The Balaban J connectivity index is 1.56. The van der Waals surface area contributed by atoms with Crippen molar-refractivity contribution >= 4 is 68.6 Å². The molecule has 0 aliphatic carbocycles. The van der Waals surface area contributed by atoms with E-state index in [9.17, 15) is 19.5 Å². The molecule has 0 aromatic carbocycles. The van der Waals surface area contributed by atoms with E-state index in [4.69, 9.17) is 10.6 Å². The lowest BCUT2D eigenvalue weighted by Gasteiger charge is -2.49. The van der Waals surface area contributed by atoms with Crippen molar-refractivity contribution in [2.24, 2.45) is 5.16 Å². The summed E-state index contributed by atoms with van der Waals surface area (Å²) in [4.78, 5) is 52.0. The van der Waals surface area contributed by atoms with Gasteiger partial charge in [-0.1, -0.05) is 5.16 Å². The number of nitrogens with zero attached hydrogens (tertiary/aromatic N) is 4. The van der Waals surface area contributed by atoms with Crippen LogP contribution < -0.4 is 11.1 Å². The Hall–Kier alpha value is -2.97. The number of carbonyl (C=O) groups is 3.